The van der Waals surface area contributed by atoms with Crippen LogP contribution in [0.2, 0.25) is 0 Å². The molecule has 0 saturated carbocycles. The molecule has 0 fully saturated rings. The molecule has 0 atom stereocenters. The first-order valence-corrected chi connectivity index (χ1v) is 9.99. The van der Waals surface area contributed by atoms with E-state index in [-0.39, 0.29) is 10.5 Å². The van der Waals surface area contributed by atoms with Crippen molar-refractivity contribution in [1.82, 2.24) is 9.78 Å². The molecule has 1 aliphatic rings. The predicted molar refractivity (Wildman–Crippen MR) is 95.5 cm³/mol. The van der Waals surface area contributed by atoms with Crippen LogP contribution in [-0.4, -0.2) is 42.6 Å². The molecule has 0 bridgehead atoms. The second-order valence-corrected chi connectivity index (χ2v) is 8.08. The van der Waals surface area contributed by atoms with E-state index >= 15 is 0 Å². The van der Waals surface area contributed by atoms with E-state index in [1.54, 1.807) is 0 Å². The number of sulfone groups is 1. The van der Waals surface area contributed by atoms with Crippen LogP contribution in [0.3, 0.4) is 0 Å². The van der Waals surface area contributed by atoms with Crippen molar-refractivity contribution in [3.63, 3.8) is 0 Å². The lowest BCUT2D eigenvalue weighted by Gasteiger charge is -2.15. The minimum absolute atomic E-state index is 0.00451. The van der Waals surface area contributed by atoms with Gasteiger partial charge in [-0.15, -0.1) is 0 Å². The van der Waals surface area contributed by atoms with Gasteiger partial charge in [0.15, 0.2) is 15.6 Å². The second-order valence-electron chi connectivity index (χ2n) is 6.09. The van der Waals surface area contributed by atoms with Gasteiger partial charge in [-0.3, -0.25) is 14.3 Å². The summed E-state index contributed by atoms with van der Waals surface area (Å²) in [5.41, 5.74) is 1.31. The van der Waals surface area contributed by atoms with Crippen LogP contribution in [0.5, 0.6) is 0 Å². The van der Waals surface area contributed by atoms with Gasteiger partial charge in [0.1, 0.15) is 12.2 Å². The average molecular weight is 377 g/mol. The molecular weight excluding hydrogens is 358 g/mol. The van der Waals surface area contributed by atoms with Crippen molar-refractivity contribution >= 4 is 21.3 Å². The third kappa shape index (κ3) is 2.98. The molecule has 26 heavy (non-hydrogen) atoms. The van der Waals surface area contributed by atoms with Gasteiger partial charge >= 0.3 is 0 Å². The zero-order chi connectivity index (χ0) is 19.1. The van der Waals surface area contributed by atoms with E-state index in [1.807, 2.05) is 6.92 Å². The maximum Gasteiger partial charge on any atom is 0.277 e. The lowest BCUT2D eigenvalue weighted by atomic mass is 9.91. The monoisotopic (exact) mass is 377 g/mol. The van der Waals surface area contributed by atoms with Crippen molar-refractivity contribution in [3.8, 4) is 0 Å². The summed E-state index contributed by atoms with van der Waals surface area (Å²) >= 11 is 0. The van der Waals surface area contributed by atoms with Crippen molar-refractivity contribution in [3.05, 3.63) is 50.9 Å². The van der Waals surface area contributed by atoms with Crippen LogP contribution in [0.25, 0.3) is 0 Å². The molecule has 1 aliphatic heterocycles. The standard InChI is InChI=1S/C17H19N3O5S/c1-4-10-11(16(21)12-9-18-20(2)17(12)22)5-6-14(26(3,23)24)15(10)13-7-8-25-19-13/h5-6,9,18H,4,7-8H2,1-3H3. The van der Waals surface area contributed by atoms with Gasteiger partial charge in [-0.25, -0.2) is 8.42 Å². The van der Waals surface area contributed by atoms with E-state index in [2.05, 4.69) is 10.3 Å². The van der Waals surface area contributed by atoms with Crippen molar-refractivity contribution in [1.29, 1.82) is 0 Å². The van der Waals surface area contributed by atoms with Gasteiger partial charge in [-0.2, -0.15) is 0 Å². The molecule has 0 radical (unpaired) electrons. The fraction of sp³-hybridized carbons (Fsp3) is 0.353. The molecule has 1 aromatic heterocycles. The highest BCUT2D eigenvalue weighted by molar-refractivity contribution is 7.90. The number of nitrogens with one attached hydrogen (secondary N) is 1. The second kappa shape index (κ2) is 6.56. The largest absolute Gasteiger partial charge is 0.395 e. The van der Waals surface area contributed by atoms with E-state index in [1.165, 1.54) is 30.1 Å². The topological polar surface area (TPSA) is 111 Å². The van der Waals surface area contributed by atoms with Crippen molar-refractivity contribution < 1.29 is 18.0 Å². The van der Waals surface area contributed by atoms with E-state index in [0.29, 0.717) is 41.9 Å². The van der Waals surface area contributed by atoms with Crippen LogP contribution in [0.15, 0.2) is 33.2 Å². The summed E-state index contributed by atoms with van der Waals surface area (Å²) in [5.74, 6) is -0.454. The first-order chi connectivity index (χ1) is 12.3. The maximum atomic E-state index is 12.9. The smallest absolute Gasteiger partial charge is 0.277 e. The van der Waals surface area contributed by atoms with Gasteiger partial charge < -0.3 is 9.94 Å². The number of aromatic amines is 1. The zero-order valence-corrected chi connectivity index (χ0v) is 15.5. The Hall–Kier alpha value is -2.68. The molecule has 0 saturated heterocycles. The number of H-pyrrole nitrogens is 1. The Morgan fingerprint density at radius 1 is 1.35 bits per heavy atom. The Bertz CT molecular complexity index is 1080. The van der Waals surface area contributed by atoms with Crippen LogP contribution >= 0.6 is 0 Å². The Balaban J connectivity index is 2.28. The number of oxime groups is 1. The molecule has 1 aromatic carbocycles. The molecule has 2 aromatic rings. The lowest BCUT2D eigenvalue weighted by Crippen LogP contribution is -2.21. The summed E-state index contributed by atoms with van der Waals surface area (Å²) in [5, 5.41) is 6.63. The van der Waals surface area contributed by atoms with Crippen molar-refractivity contribution in [2.45, 2.75) is 24.7 Å². The number of nitrogens with zero attached hydrogens (tertiary/aromatic N) is 2. The van der Waals surface area contributed by atoms with Crippen molar-refractivity contribution in [2.75, 3.05) is 12.9 Å². The minimum atomic E-state index is -3.53. The van der Waals surface area contributed by atoms with E-state index in [4.69, 9.17) is 4.84 Å². The Morgan fingerprint density at radius 2 is 2.08 bits per heavy atom. The molecule has 1 N–H and O–H groups in total. The Labute approximate surface area is 150 Å². The summed E-state index contributed by atoms with van der Waals surface area (Å²) in [4.78, 5) is 30.2. The molecular formula is C17H19N3O5S. The van der Waals surface area contributed by atoms with Gasteiger partial charge in [-0.05, 0) is 24.1 Å². The summed E-state index contributed by atoms with van der Waals surface area (Å²) < 4.78 is 25.7. The summed E-state index contributed by atoms with van der Waals surface area (Å²) in [6.45, 7) is 2.19. The molecule has 3 rings (SSSR count). The van der Waals surface area contributed by atoms with E-state index in [9.17, 15) is 18.0 Å². The molecule has 0 spiro atoms. The normalized spacial score (nSPS) is 14.2. The summed E-state index contributed by atoms with van der Waals surface area (Å²) in [6.07, 6.45) is 3.33. The third-order valence-electron chi connectivity index (χ3n) is 4.35. The molecule has 9 heteroatoms. The number of ketones is 1. The van der Waals surface area contributed by atoms with Crippen molar-refractivity contribution in [2.24, 2.45) is 12.2 Å². The van der Waals surface area contributed by atoms with Gasteiger partial charge in [0.2, 0.25) is 0 Å². The molecule has 138 valence electrons. The summed E-state index contributed by atoms with van der Waals surface area (Å²) in [7, 11) is -2.02. The van der Waals surface area contributed by atoms with Crippen LogP contribution in [0.1, 0.15) is 40.4 Å². The number of benzene rings is 1. The highest BCUT2D eigenvalue weighted by atomic mass is 32.2. The lowest BCUT2D eigenvalue weighted by molar-refractivity contribution is 0.103. The summed E-state index contributed by atoms with van der Waals surface area (Å²) in [6, 6.07) is 2.86. The molecule has 2 heterocycles. The van der Waals surface area contributed by atoms with Crippen LogP contribution in [0.4, 0.5) is 0 Å². The fourth-order valence-electron chi connectivity index (χ4n) is 3.08. The quantitative estimate of drug-likeness (QED) is 0.783. The van der Waals surface area contributed by atoms with Gasteiger partial charge in [0.25, 0.3) is 5.56 Å². The van der Waals surface area contributed by atoms with Gasteiger partial charge in [-0.1, -0.05) is 12.1 Å². The Kier molecular flexibility index (Phi) is 4.57. The number of aromatic nitrogens is 2. The SMILES string of the molecule is CCc1c(C(=O)c2c[nH]n(C)c2=O)ccc(S(C)(=O)=O)c1C1=NOCC1. The third-order valence-corrected chi connectivity index (χ3v) is 5.49. The number of carbonyl (C=O) groups excluding carboxylic acids is 1. The average Bonchev–Trinajstić information content (AvgIpc) is 3.23. The number of rotatable bonds is 5. The number of aryl methyl sites for hydroxylation is 1. The Morgan fingerprint density at radius 3 is 2.58 bits per heavy atom. The van der Waals surface area contributed by atoms with Crippen LogP contribution in [-0.2, 0) is 28.1 Å². The van der Waals surface area contributed by atoms with E-state index < -0.39 is 21.2 Å². The van der Waals surface area contributed by atoms with Gasteiger partial charge in [0.05, 0.1) is 10.6 Å². The number of carbonyl (C=O) groups is 1. The van der Waals surface area contributed by atoms with Crippen LogP contribution < -0.4 is 5.56 Å². The first kappa shape index (κ1) is 18.1. The zero-order valence-electron chi connectivity index (χ0n) is 14.7. The molecule has 0 aliphatic carbocycles. The van der Waals surface area contributed by atoms with E-state index in [0.717, 1.165) is 6.26 Å². The maximum absolute atomic E-state index is 12.9. The van der Waals surface area contributed by atoms with Crippen LogP contribution in [0, 0.1) is 0 Å². The molecule has 0 unspecified atom stereocenters. The highest BCUT2D eigenvalue weighted by Crippen LogP contribution is 2.28. The number of hydrogen-bond donors (Lipinski definition) is 1. The first-order valence-electron chi connectivity index (χ1n) is 8.10. The fourth-order valence-corrected chi connectivity index (χ4v) is 4.01. The highest BCUT2D eigenvalue weighted by Gasteiger charge is 2.28. The molecule has 8 nitrogen and oxygen atoms in total. The van der Waals surface area contributed by atoms with Gasteiger partial charge in [0, 0.05) is 37.0 Å². The predicted octanol–water partition coefficient (Wildman–Crippen LogP) is 1.03. The minimum Gasteiger partial charge on any atom is -0.395 e. The number of hydrogen-bond acceptors (Lipinski definition) is 6. The molecule has 0 amide bonds.